The Balaban J connectivity index is 1.26. The highest BCUT2D eigenvalue weighted by molar-refractivity contribution is 7.99. The summed E-state index contributed by atoms with van der Waals surface area (Å²) >= 11 is 1.82. The van der Waals surface area contributed by atoms with Crippen LogP contribution in [0.5, 0.6) is 0 Å². The smallest absolute Gasteiger partial charge is 0.190 e. The van der Waals surface area contributed by atoms with E-state index < -0.39 is 0 Å². The monoisotopic (exact) mass is 471 g/mol. The third-order valence-corrected chi connectivity index (χ3v) is 7.56. The van der Waals surface area contributed by atoms with Gasteiger partial charge in [-0.2, -0.15) is 0 Å². The van der Waals surface area contributed by atoms with Crippen LogP contribution < -0.4 is 4.90 Å². The average molecular weight is 472 g/mol. The normalized spacial score (nSPS) is 18.2. The molecule has 2 aliphatic rings. The topological polar surface area (TPSA) is 63.0 Å². The van der Waals surface area contributed by atoms with Crippen LogP contribution in [0.15, 0.2) is 11.2 Å². The molecule has 33 heavy (non-hydrogen) atoms. The molecule has 0 N–H and O–H groups in total. The second kappa shape index (κ2) is 9.53. The van der Waals surface area contributed by atoms with Crippen molar-refractivity contribution in [2.24, 2.45) is 7.05 Å². The first-order valence-electron chi connectivity index (χ1n) is 12.4. The molecule has 2 aromatic heterocycles. The lowest BCUT2D eigenvalue weighted by Gasteiger charge is -2.36. The fraction of sp³-hybridized carbons (Fsp3) is 0.760. The zero-order valence-corrected chi connectivity index (χ0v) is 22.4. The molecule has 8 heteroatoms. The molecule has 0 unspecified atom stereocenters. The van der Waals surface area contributed by atoms with E-state index in [0.29, 0.717) is 5.92 Å². The standard InChI is InChI=1S/C25H41N7S/c1-24(2,3)21-26-19(18-9-10-18)17-20(27-21)32-14-12-31(13-15-32)11-8-16-33-23-29-28-22(30(23)7)25(4,5)6/h17-18H,8-16H2,1-7H3. The Morgan fingerprint density at radius 3 is 2.21 bits per heavy atom. The van der Waals surface area contributed by atoms with Crippen molar-refractivity contribution < 1.29 is 0 Å². The lowest BCUT2D eigenvalue weighted by molar-refractivity contribution is 0.258. The van der Waals surface area contributed by atoms with Gasteiger partial charge in [0.25, 0.3) is 0 Å². The first-order valence-corrected chi connectivity index (χ1v) is 13.4. The van der Waals surface area contributed by atoms with Gasteiger partial charge in [0.15, 0.2) is 5.16 Å². The van der Waals surface area contributed by atoms with E-state index in [1.54, 1.807) is 0 Å². The summed E-state index contributed by atoms with van der Waals surface area (Å²) in [5.41, 5.74) is 1.26. The van der Waals surface area contributed by atoms with E-state index in [1.807, 2.05) is 11.8 Å². The first kappa shape index (κ1) is 24.5. The van der Waals surface area contributed by atoms with Gasteiger partial charge in [0.2, 0.25) is 0 Å². The molecule has 2 fully saturated rings. The van der Waals surface area contributed by atoms with Gasteiger partial charge in [0.05, 0.1) is 0 Å². The van der Waals surface area contributed by atoms with Gasteiger partial charge >= 0.3 is 0 Å². The molecule has 1 saturated carbocycles. The summed E-state index contributed by atoms with van der Waals surface area (Å²) in [5.74, 6) is 4.89. The number of thioether (sulfide) groups is 1. The van der Waals surface area contributed by atoms with Crippen LogP contribution in [0.25, 0.3) is 0 Å². The molecule has 2 aromatic rings. The van der Waals surface area contributed by atoms with Crippen molar-refractivity contribution in [3.63, 3.8) is 0 Å². The maximum Gasteiger partial charge on any atom is 0.190 e. The van der Waals surface area contributed by atoms with Crippen LogP contribution in [0.2, 0.25) is 0 Å². The fourth-order valence-electron chi connectivity index (χ4n) is 4.28. The number of piperazine rings is 1. The van der Waals surface area contributed by atoms with Crippen LogP contribution >= 0.6 is 11.8 Å². The van der Waals surface area contributed by atoms with Gasteiger partial charge in [0.1, 0.15) is 17.5 Å². The molecule has 7 nitrogen and oxygen atoms in total. The molecule has 0 radical (unpaired) electrons. The first-order chi connectivity index (χ1) is 15.5. The Hall–Kier alpha value is -1.67. The molecule has 1 saturated heterocycles. The average Bonchev–Trinajstić information content (AvgIpc) is 3.53. The zero-order chi connectivity index (χ0) is 23.8. The van der Waals surface area contributed by atoms with Crippen molar-refractivity contribution >= 4 is 17.6 Å². The number of rotatable bonds is 7. The van der Waals surface area contributed by atoms with Gasteiger partial charge in [-0.15, -0.1) is 10.2 Å². The van der Waals surface area contributed by atoms with Crippen molar-refractivity contribution in [2.45, 2.75) is 82.7 Å². The molecule has 4 rings (SSSR count). The Morgan fingerprint density at radius 1 is 0.939 bits per heavy atom. The van der Waals surface area contributed by atoms with Gasteiger partial charge in [-0.25, -0.2) is 9.97 Å². The van der Waals surface area contributed by atoms with E-state index in [9.17, 15) is 0 Å². The van der Waals surface area contributed by atoms with Crippen LogP contribution in [-0.4, -0.2) is 68.1 Å². The third kappa shape index (κ3) is 6.07. The molecule has 0 aromatic carbocycles. The summed E-state index contributed by atoms with van der Waals surface area (Å²) in [4.78, 5) is 14.9. The highest BCUT2D eigenvalue weighted by Gasteiger charge is 2.30. The van der Waals surface area contributed by atoms with Crippen molar-refractivity contribution in [2.75, 3.05) is 43.4 Å². The van der Waals surface area contributed by atoms with Crippen LogP contribution in [0.3, 0.4) is 0 Å². The highest BCUT2D eigenvalue weighted by Crippen LogP contribution is 2.40. The van der Waals surface area contributed by atoms with Crippen LogP contribution in [0, 0.1) is 0 Å². The van der Waals surface area contributed by atoms with Crippen LogP contribution in [0.4, 0.5) is 5.82 Å². The summed E-state index contributed by atoms with van der Waals surface area (Å²) < 4.78 is 2.15. The van der Waals surface area contributed by atoms with E-state index in [0.717, 1.165) is 67.5 Å². The maximum atomic E-state index is 4.98. The third-order valence-electron chi connectivity index (χ3n) is 6.45. The minimum absolute atomic E-state index is 0.0183. The number of hydrogen-bond donors (Lipinski definition) is 0. The lowest BCUT2D eigenvalue weighted by atomic mass is 9.95. The van der Waals surface area contributed by atoms with Crippen molar-refractivity contribution in [1.29, 1.82) is 0 Å². The molecular weight excluding hydrogens is 430 g/mol. The SMILES string of the molecule is Cn1c(SCCCN2CCN(c3cc(C4CC4)nc(C(C)(C)C)n3)CC2)nnc1C(C)(C)C. The van der Waals surface area contributed by atoms with Gasteiger partial charge in [0, 0.05) is 67.5 Å². The largest absolute Gasteiger partial charge is 0.354 e. The van der Waals surface area contributed by atoms with Crippen LogP contribution in [-0.2, 0) is 17.9 Å². The second-order valence-electron chi connectivity index (χ2n) is 11.6. The Bertz CT molecular complexity index is 945. The van der Waals surface area contributed by atoms with E-state index in [-0.39, 0.29) is 10.8 Å². The molecule has 0 spiro atoms. The predicted molar refractivity (Wildman–Crippen MR) is 136 cm³/mol. The van der Waals surface area contributed by atoms with Crippen molar-refractivity contribution in [1.82, 2.24) is 29.6 Å². The number of nitrogens with zero attached hydrogens (tertiary/aromatic N) is 7. The summed E-state index contributed by atoms with van der Waals surface area (Å²) in [7, 11) is 2.08. The molecule has 0 atom stereocenters. The molecule has 1 aliphatic carbocycles. The number of anilines is 1. The lowest BCUT2D eigenvalue weighted by Crippen LogP contribution is -2.47. The fourth-order valence-corrected chi connectivity index (χ4v) is 5.12. The number of aromatic nitrogens is 5. The van der Waals surface area contributed by atoms with E-state index in [4.69, 9.17) is 9.97 Å². The van der Waals surface area contributed by atoms with Crippen molar-refractivity contribution in [3.8, 4) is 0 Å². The minimum atomic E-state index is -0.0183. The molecule has 3 heterocycles. The number of hydrogen-bond acceptors (Lipinski definition) is 7. The predicted octanol–water partition coefficient (Wildman–Crippen LogP) is 4.38. The van der Waals surface area contributed by atoms with Gasteiger partial charge in [-0.3, -0.25) is 4.90 Å². The van der Waals surface area contributed by atoms with Crippen LogP contribution in [0.1, 0.15) is 84.1 Å². The van der Waals surface area contributed by atoms with E-state index in [2.05, 4.69) is 79.2 Å². The van der Waals surface area contributed by atoms with Gasteiger partial charge < -0.3 is 9.47 Å². The quantitative estimate of drug-likeness (QED) is 0.438. The molecule has 182 valence electrons. The van der Waals surface area contributed by atoms with E-state index >= 15 is 0 Å². The maximum absolute atomic E-state index is 4.98. The molecule has 0 amide bonds. The van der Waals surface area contributed by atoms with Crippen molar-refractivity contribution in [3.05, 3.63) is 23.4 Å². The summed E-state index contributed by atoms with van der Waals surface area (Å²) in [6, 6.07) is 2.26. The van der Waals surface area contributed by atoms with E-state index in [1.165, 1.54) is 18.5 Å². The zero-order valence-electron chi connectivity index (χ0n) is 21.6. The summed E-state index contributed by atoms with van der Waals surface area (Å²) in [6.45, 7) is 18.6. The summed E-state index contributed by atoms with van der Waals surface area (Å²) in [5, 5.41) is 9.83. The molecular formula is C25H41N7S. The molecule has 1 aliphatic heterocycles. The minimum Gasteiger partial charge on any atom is -0.354 e. The van der Waals surface area contributed by atoms with Gasteiger partial charge in [-0.05, 0) is 25.8 Å². The molecule has 0 bridgehead atoms. The highest BCUT2D eigenvalue weighted by atomic mass is 32.2. The Labute approximate surface area is 203 Å². The Morgan fingerprint density at radius 2 is 1.64 bits per heavy atom. The second-order valence-corrected chi connectivity index (χ2v) is 12.7. The summed E-state index contributed by atoms with van der Waals surface area (Å²) in [6.07, 6.45) is 3.71. The van der Waals surface area contributed by atoms with Gasteiger partial charge in [-0.1, -0.05) is 53.3 Å². The Kier molecular flexibility index (Phi) is 7.06.